The average molecular weight is 267 g/mol. The summed E-state index contributed by atoms with van der Waals surface area (Å²) < 4.78 is 0. The Kier molecular flexibility index (Phi) is 5.15. The smallest absolute Gasteiger partial charge is 0.0928 e. The number of aryl methyl sites for hydroxylation is 1. The molecule has 0 saturated carbocycles. The lowest BCUT2D eigenvalue weighted by Crippen LogP contribution is -2.48. The zero-order chi connectivity index (χ0) is 13.0. The molecule has 3 nitrogen and oxygen atoms in total. The van der Waals surface area contributed by atoms with Gasteiger partial charge in [0.05, 0.1) is 10.7 Å². The van der Waals surface area contributed by atoms with E-state index < -0.39 is 0 Å². The van der Waals surface area contributed by atoms with Crippen molar-refractivity contribution in [1.82, 2.24) is 9.88 Å². The van der Waals surface area contributed by atoms with E-state index in [9.17, 15) is 0 Å². The first kappa shape index (κ1) is 14.0. The molecule has 0 radical (unpaired) electrons. The standard InChI is InChI=1S/C14H25N3S/c1-3-5-14-16-12(10-18-14)9-17-11(2)6-4-7-13(17)8-15/h10-11,13H,3-9,15H2,1-2H3. The highest BCUT2D eigenvalue weighted by atomic mass is 32.1. The molecule has 1 aromatic heterocycles. The van der Waals surface area contributed by atoms with Gasteiger partial charge in [-0.05, 0) is 32.6 Å². The van der Waals surface area contributed by atoms with Crippen molar-refractivity contribution in [3.8, 4) is 0 Å². The van der Waals surface area contributed by atoms with E-state index >= 15 is 0 Å². The highest BCUT2D eigenvalue weighted by molar-refractivity contribution is 7.09. The fraction of sp³-hybridized carbons (Fsp3) is 0.786. The maximum absolute atomic E-state index is 5.90. The molecule has 18 heavy (non-hydrogen) atoms. The summed E-state index contributed by atoms with van der Waals surface area (Å²) in [5, 5.41) is 3.50. The molecule has 1 saturated heterocycles. The van der Waals surface area contributed by atoms with Gasteiger partial charge in [0, 0.05) is 30.6 Å². The van der Waals surface area contributed by atoms with Gasteiger partial charge in [-0.1, -0.05) is 13.3 Å². The molecule has 0 spiro atoms. The molecule has 1 fully saturated rings. The summed E-state index contributed by atoms with van der Waals surface area (Å²) in [5.41, 5.74) is 7.14. The predicted molar refractivity (Wildman–Crippen MR) is 77.8 cm³/mol. The normalized spacial score (nSPS) is 25.5. The summed E-state index contributed by atoms with van der Waals surface area (Å²) in [7, 11) is 0. The van der Waals surface area contributed by atoms with Gasteiger partial charge >= 0.3 is 0 Å². The maximum atomic E-state index is 5.90. The zero-order valence-electron chi connectivity index (χ0n) is 11.6. The molecule has 2 heterocycles. The molecule has 1 aliphatic rings. The van der Waals surface area contributed by atoms with E-state index in [1.54, 1.807) is 11.3 Å². The van der Waals surface area contributed by atoms with Crippen molar-refractivity contribution >= 4 is 11.3 Å². The van der Waals surface area contributed by atoms with Crippen LogP contribution in [0.2, 0.25) is 0 Å². The Bertz CT molecular complexity index is 364. The Hall–Kier alpha value is -0.450. The van der Waals surface area contributed by atoms with E-state index in [1.165, 1.54) is 36.4 Å². The molecule has 0 bridgehead atoms. The van der Waals surface area contributed by atoms with E-state index in [0.717, 1.165) is 19.5 Å². The second-order valence-corrected chi connectivity index (χ2v) is 6.27. The van der Waals surface area contributed by atoms with Crippen LogP contribution >= 0.6 is 11.3 Å². The van der Waals surface area contributed by atoms with Gasteiger partial charge in [0.2, 0.25) is 0 Å². The van der Waals surface area contributed by atoms with E-state index in [0.29, 0.717) is 12.1 Å². The molecule has 1 aliphatic heterocycles. The number of aromatic nitrogens is 1. The molecule has 0 aromatic carbocycles. The molecule has 0 amide bonds. The second-order valence-electron chi connectivity index (χ2n) is 5.32. The van der Waals surface area contributed by atoms with Crippen molar-refractivity contribution in [2.75, 3.05) is 6.54 Å². The number of nitrogens with zero attached hydrogens (tertiary/aromatic N) is 2. The summed E-state index contributed by atoms with van der Waals surface area (Å²) in [6, 6.07) is 1.19. The fourth-order valence-corrected chi connectivity index (χ4v) is 3.71. The number of likely N-dealkylation sites (tertiary alicyclic amines) is 1. The molecular formula is C14H25N3S. The third kappa shape index (κ3) is 3.31. The van der Waals surface area contributed by atoms with Crippen molar-refractivity contribution in [2.24, 2.45) is 5.73 Å². The Morgan fingerprint density at radius 1 is 1.50 bits per heavy atom. The van der Waals surface area contributed by atoms with Gasteiger partial charge in [0.1, 0.15) is 0 Å². The molecule has 1 aromatic rings. The average Bonchev–Trinajstić information content (AvgIpc) is 2.80. The van der Waals surface area contributed by atoms with Crippen LogP contribution in [0, 0.1) is 0 Å². The molecule has 0 aliphatic carbocycles. The number of piperidine rings is 1. The molecule has 2 atom stereocenters. The fourth-order valence-electron chi connectivity index (χ4n) is 2.82. The largest absolute Gasteiger partial charge is 0.329 e. The Balaban J connectivity index is 2.00. The number of thiazole rings is 1. The number of nitrogens with two attached hydrogens (primary N) is 1. The molecule has 2 unspecified atom stereocenters. The van der Waals surface area contributed by atoms with E-state index in [2.05, 4.69) is 24.1 Å². The van der Waals surface area contributed by atoms with Crippen molar-refractivity contribution in [2.45, 2.75) is 64.6 Å². The highest BCUT2D eigenvalue weighted by Crippen LogP contribution is 2.25. The van der Waals surface area contributed by atoms with Gasteiger partial charge in [-0.25, -0.2) is 4.98 Å². The minimum Gasteiger partial charge on any atom is -0.329 e. The lowest BCUT2D eigenvalue weighted by molar-refractivity contribution is 0.0880. The Labute approximate surface area is 114 Å². The van der Waals surface area contributed by atoms with Gasteiger partial charge in [-0.15, -0.1) is 11.3 Å². The van der Waals surface area contributed by atoms with Crippen molar-refractivity contribution in [3.63, 3.8) is 0 Å². The number of hydrogen-bond acceptors (Lipinski definition) is 4. The van der Waals surface area contributed by atoms with Crippen LogP contribution in [0.4, 0.5) is 0 Å². The molecule has 4 heteroatoms. The third-order valence-electron chi connectivity index (χ3n) is 3.87. The molecule has 2 N–H and O–H groups in total. The van der Waals surface area contributed by atoms with Crippen LogP contribution in [0.1, 0.15) is 50.2 Å². The maximum Gasteiger partial charge on any atom is 0.0928 e. The predicted octanol–water partition coefficient (Wildman–Crippen LogP) is 2.80. The summed E-state index contributed by atoms with van der Waals surface area (Å²) in [6.07, 6.45) is 6.14. The monoisotopic (exact) mass is 267 g/mol. The van der Waals surface area contributed by atoms with Crippen molar-refractivity contribution in [1.29, 1.82) is 0 Å². The van der Waals surface area contributed by atoms with Gasteiger partial charge in [-0.3, -0.25) is 4.90 Å². The first-order valence-electron chi connectivity index (χ1n) is 7.13. The van der Waals surface area contributed by atoms with E-state index in [-0.39, 0.29) is 0 Å². The van der Waals surface area contributed by atoms with Crippen molar-refractivity contribution < 1.29 is 0 Å². The minimum atomic E-state index is 0.546. The van der Waals surface area contributed by atoms with Gasteiger partial charge in [0.25, 0.3) is 0 Å². The number of rotatable bonds is 5. The number of hydrogen-bond donors (Lipinski definition) is 1. The summed E-state index contributed by atoms with van der Waals surface area (Å²) in [5.74, 6) is 0. The van der Waals surface area contributed by atoms with Crippen LogP contribution in [0.3, 0.4) is 0 Å². The third-order valence-corrected chi connectivity index (χ3v) is 4.83. The minimum absolute atomic E-state index is 0.546. The molecular weight excluding hydrogens is 242 g/mol. The zero-order valence-corrected chi connectivity index (χ0v) is 12.4. The van der Waals surface area contributed by atoms with Crippen molar-refractivity contribution in [3.05, 3.63) is 16.1 Å². The Morgan fingerprint density at radius 2 is 2.33 bits per heavy atom. The summed E-state index contributed by atoms with van der Waals surface area (Å²) >= 11 is 1.80. The first-order chi connectivity index (χ1) is 8.74. The van der Waals surface area contributed by atoms with Crippen LogP contribution in [-0.4, -0.2) is 28.5 Å². The highest BCUT2D eigenvalue weighted by Gasteiger charge is 2.27. The SMILES string of the molecule is CCCc1nc(CN2C(C)CCCC2CN)cs1. The molecule has 102 valence electrons. The topological polar surface area (TPSA) is 42.2 Å². The van der Waals surface area contributed by atoms with Crippen LogP contribution in [0.15, 0.2) is 5.38 Å². The molecule has 2 rings (SSSR count). The second kappa shape index (κ2) is 6.64. The van der Waals surface area contributed by atoms with Crippen LogP contribution < -0.4 is 5.73 Å². The van der Waals surface area contributed by atoms with Crippen LogP contribution in [0.25, 0.3) is 0 Å². The summed E-state index contributed by atoms with van der Waals surface area (Å²) in [6.45, 7) is 6.28. The van der Waals surface area contributed by atoms with Gasteiger partial charge < -0.3 is 5.73 Å². The van der Waals surface area contributed by atoms with E-state index in [1.807, 2.05) is 0 Å². The van der Waals surface area contributed by atoms with Gasteiger partial charge in [0.15, 0.2) is 0 Å². The lowest BCUT2D eigenvalue weighted by Gasteiger charge is -2.39. The first-order valence-corrected chi connectivity index (χ1v) is 8.01. The van der Waals surface area contributed by atoms with E-state index in [4.69, 9.17) is 10.7 Å². The lowest BCUT2D eigenvalue weighted by atomic mass is 9.96. The quantitative estimate of drug-likeness (QED) is 0.892. The van der Waals surface area contributed by atoms with Crippen LogP contribution in [0.5, 0.6) is 0 Å². The van der Waals surface area contributed by atoms with Crippen LogP contribution in [-0.2, 0) is 13.0 Å². The Morgan fingerprint density at radius 3 is 3.06 bits per heavy atom. The van der Waals surface area contributed by atoms with Gasteiger partial charge in [-0.2, -0.15) is 0 Å². The summed E-state index contributed by atoms with van der Waals surface area (Å²) in [4.78, 5) is 7.28.